The van der Waals surface area contributed by atoms with Gasteiger partial charge in [0, 0.05) is 35.0 Å². The normalized spacial score (nSPS) is 16.0. The van der Waals surface area contributed by atoms with Gasteiger partial charge in [0.2, 0.25) is 6.41 Å². The number of nitrogens with zero attached hydrogens (tertiary/aromatic N) is 1. The fourth-order valence-electron chi connectivity index (χ4n) is 3.22. The molecule has 6 heteroatoms. The summed E-state index contributed by atoms with van der Waals surface area (Å²) in [6.45, 7) is 2.48. The zero-order valence-electron chi connectivity index (χ0n) is 16.2. The molecule has 0 aromatic heterocycles. The summed E-state index contributed by atoms with van der Waals surface area (Å²) in [6.07, 6.45) is 7.65. The summed E-state index contributed by atoms with van der Waals surface area (Å²) in [4.78, 5) is 13.2. The molecular formula is C23H25Cl2N3O. The molecule has 1 saturated heterocycles. The van der Waals surface area contributed by atoms with Crippen LogP contribution in [0.5, 0.6) is 0 Å². The van der Waals surface area contributed by atoms with Crippen molar-refractivity contribution >= 4 is 41.4 Å². The van der Waals surface area contributed by atoms with Crippen LogP contribution in [0.3, 0.4) is 0 Å². The first-order chi connectivity index (χ1) is 14.2. The average Bonchev–Trinajstić information content (AvgIpc) is 2.74. The Balaban J connectivity index is 1.55. The number of hydrogen-bond acceptors (Lipinski definition) is 3. The van der Waals surface area contributed by atoms with Crippen LogP contribution in [-0.4, -0.2) is 32.2 Å². The molecule has 152 valence electrons. The van der Waals surface area contributed by atoms with Crippen LogP contribution in [0.25, 0.3) is 6.08 Å². The predicted octanol–water partition coefficient (Wildman–Crippen LogP) is 4.67. The number of carbonyl (C=O) groups excluding carboxylic acids is 1. The Morgan fingerprint density at radius 1 is 1.17 bits per heavy atom. The van der Waals surface area contributed by atoms with Crippen LogP contribution in [0, 0.1) is 0 Å². The summed E-state index contributed by atoms with van der Waals surface area (Å²) in [6, 6.07) is 13.8. The van der Waals surface area contributed by atoms with Crippen molar-refractivity contribution in [2.24, 2.45) is 0 Å². The topological polar surface area (TPSA) is 44.4 Å². The van der Waals surface area contributed by atoms with Gasteiger partial charge in [-0.2, -0.15) is 0 Å². The van der Waals surface area contributed by atoms with Gasteiger partial charge in [-0.15, -0.1) is 5.73 Å². The van der Waals surface area contributed by atoms with E-state index in [4.69, 9.17) is 23.2 Å². The molecule has 1 fully saturated rings. The number of nitrogens with one attached hydrogen (secondary N) is 2. The molecule has 3 rings (SSSR count). The van der Waals surface area contributed by atoms with Gasteiger partial charge in [-0.25, -0.2) is 0 Å². The highest BCUT2D eigenvalue weighted by Crippen LogP contribution is 2.22. The van der Waals surface area contributed by atoms with Crippen LogP contribution in [0.1, 0.15) is 24.0 Å². The molecule has 0 spiro atoms. The minimum Gasteiger partial charge on any atom is -0.315 e. The molecule has 29 heavy (non-hydrogen) atoms. The van der Waals surface area contributed by atoms with Gasteiger partial charge in [0.25, 0.3) is 0 Å². The van der Waals surface area contributed by atoms with E-state index < -0.39 is 0 Å². The molecule has 1 aliphatic rings. The van der Waals surface area contributed by atoms with Gasteiger partial charge in [-0.3, -0.25) is 4.79 Å². The average molecular weight is 430 g/mol. The summed E-state index contributed by atoms with van der Waals surface area (Å²) in [5, 5.41) is 7.93. The molecule has 0 radical (unpaired) electrons. The van der Waals surface area contributed by atoms with Crippen molar-refractivity contribution in [3.05, 3.63) is 75.4 Å². The van der Waals surface area contributed by atoms with Gasteiger partial charge in [-0.05, 0) is 73.4 Å². The number of carbonyl (C=O) groups is 1. The quantitative estimate of drug-likeness (QED) is 0.473. The lowest BCUT2D eigenvalue weighted by Crippen LogP contribution is -2.44. The minimum atomic E-state index is 0.523. The first kappa shape index (κ1) is 21.6. The second-order valence-corrected chi connectivity index (χ2v) is 7.84. The van der Waals surface area contributed by atoms with E-state index in [0.717, 1.165) is 49.3 Å². The lowest BCUT2D eigenvalue weighted by atomic mass is 10.1. The highest BCUT2D eigenvalue weighted by Gasteiger charge is 2.09. The molecule has 2 aromatic rings. The van der Waals surface area contributed by atoms with Crippen LogP contribution in [0.4, 0.5) is 5.69 Å². The maximum atomic E-state index is 11.5. The number of rotatable bonds is 8. The summed E-state index contributed by atoms with van der Waals surface area (Å²) in [7, 11) is 0. The third-order valence-electron chi connectivity index (χ3n) is 4.94. The first-order valence-corrected chi connectivity index (χ1v) is 10.5. The van der Waals surface area contributed by atoms with Crippen LogP contribution >= 0.6 is 23.2 Å². The molecule has 1 atom stereocenters. The van der Waals surface area contributed by atoms with Crippen LogP contribution in [-0.2, 0) is 11.2 Å². The molecule has 2 aromatic carbocycles. The van der Waals surface area contributed by atoms with Gasteiger partial charge in [0.15, 0.2) is 0 Å². The van der Waals surface area contributed by atoms with Crippen molar-refractivity contribution in [2.45, 2.75) is 25.3 Å². The summed E-state index contributed by atoms with van der Waals surface area (Å²) in [5.41, 5.74) is 6.12. The Morgan fingerprint density at radius 2 is 2.00 bits per heavy atom. The van der Waals surface area contributed by atoms with Crippen LogP contribution in [0.2, 0.25) is 10.0 Å². The van der Waals surface area contributed by atoms with Gasteiger partial charge >= 0.3 is 0 Å². The zero-order valence-corrected chi connectivity index (χ0v) is 17.7. The molecule has 0 bridgehead atoms. The molecular weight excluding hydrogens is 405 g/mol. The van der Waals surface area contributed by atoms with E-state index in [2.05, 4.69) is 22.4 Å². The fourth-order valence-corrected chi connectivity index (χ4v) is 3.72. The summed E-state index contributed by atoms with van der Waals surface area (Å²) < 4.78 is 0. The number of hydrogen-bond donors (Lipinski definition) is 2. The standard InChI is InChI=1S/C23H25Cl2N3O/c24-20-8-7-19(23(25)15-20)12-14-28(17-29)22-9-5-18(6-10-22)3-1-2-4-21-11-13-26-16-27-21/h2-3,5-10,15,17,21,26-27H,4,11-14,16H2. The number of amides is 1. The largest absolute Gasteiger partial charge is 0.315 e. The summed E-state index contributed by atoms with van der Waals surface area (Å²) in [5.74, 6) is 0. The smallest absolute Gasteiger partial charge is 0.214 e. The third kappa shape index (κ3) is 6.74. The van der Waals surface area contributed by atoms with E-state index in [1.165, 1.54) is 0 Å². The monoisotopic (exact) mass is 429 g/mol. The maximum absolute atomic E-state index is 11.5. The van der Waals surface area contributed by atoms with Gasteiger partial charge in [-0.1, -0.05) is 41.4 Å². The van der Waals surface area contributed by atoms with Crippen molar-refractivity contribution in [3.63, 3.8) is 0 Å². The molecule has 0 aliphatic carbocycles. The maximum Gasteiger partial charge on any atom is 0.214 e. The minimum absolute atomic E-state index is 0.523. The first-order valence-electron chi connectivity index (χ1n) is 9.76. The lowest BCUT2D eigenvalue weighted by Gasteiger charge is -2.22. The van der Waals surface area contributed by atoms with E-state index in [-0.39, 0.29) is 0 Å². The highest BCUT2D eigenvalue weighted by atomic mass is 35.5. The lowest BCUT2D eigenvalue weighted by molar-refractivity contribution is -0.107. The summed E-state index contributed by atoms with van der Waals surface area (Å²) >= 11 is 12.2. The Hall–Kier alpha value is -2.07. The second-order valence-electron chi connectivity index (χ2n) is 6.99. The van der Waals surface area contributed by atoms with Gasteiger partial charge in [0.05, 0.1) is 0 Å². The second kappa shape index (κ2) is 11.2. The Morgan fingerprint density at radius 3 is 2.69 bits per heavy atom. The molecule has 1 amide bonds. The number of anilines is 1. The van der Waals surface area contributed by atoms with Crippen LogP contribution in [0.15, 0.2) is 54.3 Å². The van der Waals surface area contributed by atoms with Crippen molar-refractivity contribution < 1.29 is 4.79 Å². The van der Waals surface area contributed by atoms with Crippen LogP contribution < -0.4 is 15.5 Å². The molecule has 1 aliphatic heterocycles. The zero-order chi connectivity index (χ0) is 20.5. The van der Waals surface area contributed by atoms with E-state index in [0.29, 0.717) is 29.1 Å². The Labute approximate surface area is 182 Å². The van der Waals surface area contributed by atoms with Crippen molar-refractivity contribution in [1.82, 2.24) is 10.6 Å². The van der Waals surface area contributed by atoms with E-state index >= 15 is 0 Å². The van der Waals surface area contributed by atoms with Crippen molar-refractivity contribution in [3.8, 4) is 0 Å². The molecule has 4 nitrogen and oxygen atoms in total. The predicted molar refractivity (Wildman–Crippen MR) is 122 cm³/mol. The van der Waals surface area contributed by atoms with Crippen molar-refractivity contribution in [1.29, 1.82) is 0 Å². The number of halogens is 2. The van der Waals surface area contributed by atoms with E-state index in [1.54, 1.807) is 11.0 Å². The highest BCUT2D eigenvalue weighted by molar-refractivity contribution is 6.35. The van der Waals surface area contributed by atoms with E-state index in [1.807, 2.05) is 42.5 Å². The van der Waals surface area contributed by atoms with Gasteiger partial charge in [0.1, 0.15) is 0 Å². The van der Waals surface area contributed by atoms with Gasteiger partial charge < -0.3 is 15.5 Å². The third-order valence-corrected chi connectivity index (χ3v) is 5.53. The molecule has 0 saturated carbocycles. The Bertz CT molecular complexity index is 870. The molecule has 2 N–H and O–H groups in total. The fraction of sp³-hybridized carbons (Fsp3) is 0.304. The SMILES string of the molecule is O=CN(CCc1ccc(Cl)cc1Cl)c1ccc(C=C=CCC2CCNCN2)cc1. The number of benzene rings is 2. The molecule has 1 heterocycles. The molecule has 1 unspecified atom stereocenters. The van der Waals surface area contributed by atoms with E-state index in [9.17, 15) is 4.79 Å². The van der Waals surface area contributed by atoms with Crippen molar-refractivity contribution in [2.75, 3.05) is 24.7 Å². The Kier molecular flexibility index (Phi) is 8.36.